The second-order valence-electron chi connectivity index (χ2n) is 4.47. The SMILES string of the molecule is Nc1cccc(CC(=O)Nc2ccc(Br)cc2C(=O)O)c1. The van der Waals surface area contributed by atoms with Crippen LogP contribution in [0.5, 0.6) is 0 Å². The van der Waals surface area contributed by atoms with E-state index in [4.69, 9.17) is 10.8 Å². The van der Waals surface area contributed by atoms with Crippen molar-refractivity contribution in [3.8, 4) is 0 Å². The first kappa shape index (κ1) is 15.1. The van der Waals surface area contributed by atoms with Gasteiger partial charge in [0.2, 0.25) is 5.91 Å². The molecular formula is C15H13BrN2O3. The van der Waals surface area contributed by atoms with Crippen LogP contribution < -0.4 is 11.1 Å². The average molecular weight is 349 g/mol. The second kappa shape index (κ2) is 6.41. The molecule has 2 rings (SSSR count). The third kappa shape index (κ3) is 4.06. The molecule has 21 heavy (non-hydrogen) atoms. The molecule has 0 aromatic heterocycles. The molecular weight excluding hydrogens is 336 g/mol. The molecule has 1 amide bonds. The Kier molecular flexibility index (Phi) is 4.59. The minimum Gasteiger partial charge on any atom is -0.478 e. The van der Waals surface area contributed by atoms with Crippen LogP contribution in [0.2, 0.25) is 0 Å². The van der Waals surface area contributed by atoms with Crippen LogP contribution in [0.15, 0.2) is 46.9 Å². The van der Waals surface area contributed by atoms with E-state index in [9.17, 15) is 9.59 Å². The molecule has 4 N–H and O–H groups in total. The first-order chi connectivity index (χ1) is 9.95. The topological polar surface area (TPSA) is 92.4 Å². The number of hydrogen-bond acceptors (Lipinski definition) is 3. The van der Waals surface area contributed by atoms with E-state index in [0.717, 1.165) is 5.56 Å². The maximum Gasteiger partial charge on any atom is 0.337 e. The molecule has 0 saturated heterocycles. The van der Waals surface area contributed by atoms with Gasteiger partial charge in [-0.2, -0.15) is 0 Å². The zero-order valence-corrected chi connectivity index (χ0v) is 12.6. The summed E-state index contributed by atoms with van der Waals surface area (Å²) >= 11 is 3.20. The number of rotatable bonds is 4. The fraction of sp³-hybridized carbons (Fsp3) is 0.0667. The smallest absolute Gasteiger partial charge is 0.337 e. The van der Waals surface area contributed by atoms with E-state index >= 15 is 0 Å². The Morgan fingerprint density at radius 3 is 2.62 bits per heavy atom. The summed E-state index contributed by atoms with van der Waals surface area (Å²) in [5.74, 6) is -1.40. The Morgan fingerprint density at radius 2 is 1.95 bits per heavy atom. The van der Waals surface area contributed by atoms with Crippen LogP contribution in [0.1, 0.15) is 15.9 Å². The molecule has 0 bridgehead atoms. The lowest BCUT2D eigenvalue weighted by atomic mass is 10.1. The van der Waals surface area contributed by atoms with Crippen molar-refractivity contribution in [2.45, 2.75) is 6.42 Å². The van der Waals surface area contributed by atoms with Crippen molar-refractivity contribution >= 4 is 39.2 Å². The van der Waals surface area contributed by atoms with Gasteiger partial charge in [0.05, 0.1) is 17.7 Å². The fourth-order valence-electron chi connectivity index (χ4n) is 1.89. The van der Waals surface area contributed by atoms with Gasteiger partial charge >= 0.3 is 5.97 Å². The van der Waals surface area contributed by atoms with Crippen molar-refractivity contribution in [2.75, 3.05) is 11.1 Å². The minimum atomic E-state index is -1.10. The highest BCUT2D eigenvalue weighted by Gasteiger charge is 2.13. The highest BCUT2D eigenvalue weighted by Crippen LogP contribution is 2.21. The van der Waals surface area contributed by atoms with E-state index in [-0.39, 0.29) is 23.6 Å². The van der Waals surface area contributed by atoms with Crippen molar-refractivity contribution in [3.63, 3.8) is 0 Å². The maximum absolute atomic E-state index is 12.0. The summed E-state index contributed by atoms with van der Waals surface area (Å²) in [5, 5.41) is 11.7. The van der Waals surface area contributed by atoms with Crippen LogP contribution in [-0.4, -0.2) is 17.0 Å². The molecule has 6 heteroatoms. The van der Waals surface area contributed by atoms with E-state index in [2.05, 4.69) is 21.2 Å². The maximum atomic E-state index is 12.0. The standard InChI is InChI=1S/C15H13BrN2O3/c16-10-4-5-13(12(8-10)15(20)21)18-14(19)7-9-2-1-3-11(17)6-9/h1-6,8H,7,17H2,(H,18,19)(H,20,21). The number of carbonyl (C=O) groups excluding carboxylic acids is 1. The number of nitrogen functional groups attached to an aromatic ring is 1. The van der Waals surface area contributed by atoms with Gasteiger partial charge in [0.25, 0.3) is 0 Å². The fourth-order valence-corrected chi connectivity index (χ4v) is 2.25. The summed E-state index contributed by atoms with van der Waals surface area (Å²) in [6.07, 6.45) is 0.125. The molecule has 0 aliphatic heterocycles. The van der Waals surface area contributed by atoms with E-state index < -0.39 is 5.97 Å². The quantitative estimate of drug-likeness (QED) is 0.740. The molecule has 0 heterocycles. The number of nitrogens with one attached hydrogen (secondary N) is 1. The lowest BCUT2D eigenvalue weighted by molar-refractivity contribution is -0.115. The summed E-state index contributed by atoms with van der Waals surface area (Å²) in [5.41, 5.74) is 7.29. The van der Waals surface area contributed by atoms with E-state index in [1.165, 1.54) is 6.07 Å². The number of carbonyl (C=O) groups is 2. The van der Waals surface area contributed by atoms with Crippen LogP contribution in [0.3, 0.4) is 0 Å². The van der Waals surface area contributed by atoms with E-state index in [1.54, 1.807) is 36.4 Å². The zero-order valence-electron chi connectivity index (χ0n) is 11.0. The van der Waals surface area contributed by atoms with Gasteiger partial charge < -0.3 is 16.2 Å². The summed E-state index contributed by atoms with van der Waals surface area (Å²) in [6, 6.07) is 11.7. The Bertz CT molecular complexity index is 701. The Balaban J connectivity index is 2.15. The number of hydrogen-bond donors (Lipinski definition) is 3. The third-order valence-electron chi connectivity index (χ3n) is 2.80. The first-order valence-corrected chi connectivity index (χ1v) is 6.92. The molecule has 0 unspecified atom stereocenters. The Labute approximate surface area is 129 Å². The number of benzene rings is 2. The molecule has 108 valence electrons. The highest BCUT2D eigenvalue weighted by molar-refractivity contribution is 9.10. The molecule has 0 saturated carbocycles. The number of amides is 1. The average Bonchev–Trinajstić information content (AvgIpc) is 2.40. The monoisotopic (exact) mass is 348 g/mol. The van der Waals surface area contributed by atoms with Gasteiger partial charge in [0, 0.05) is 10.2 Å². The van der Waals surface area contributed by atoms with E-state index in [1.807, 2.05) is 0 Å². The lowest BCUT2D eigenvalue weighted by Gasteiger charge is -2.09. The largest absolute Gasteiger partial charge is 0.478 e. The summed E-state index contributed by atoms with van der Waals surface area (Å²) in [6.45, 7) is 0. The van der Waals surface area contributed by atoms with Gasteiger partial charge in [-0.3, -0.25) is 4.79 Å². The van der Waals surface area contributed by atoms with Crippen LogP contribution in [0.4, 0.5) is 11.4 Å². The summed E-state index contributed by atoms with van der Waals surface area (Å²) in [4.78, 5) is 23.2. The molecule has 0 atom stereocenters. The van der Waals surface area contributed by atoms with Gasteiger partial charge in [0.15, 0.2) is 0 Å². The lowest BCUT2D eigenvalue weighted by Crippen LogP contribution is -2.16. The zero-order chi connectivity index (χ0) is 15.4. The molecule has 0 fully saturated rings. The van der Waals surface area contributed by atoms with Gasteiger partial charge in [-0.1, -0.05) is 28.1 Å². The number of aromatic carboxylic acids is 1. The van der Waals surface area contributed by atoms with Gasteiger partial charge in [0.1, 0.15) is 0 Å². The van der Waals surface area contributed by atoms with Crippen molar-refractivity contribution in [2.24, 2.45) is 0 Å². The van der Waals surface area contributed by atoms with Crippen LogP contribution >= 0.6 is 15.9 Å². The normalized spacial score (nSPS) is 10.1. The van der Waals surface area contributed by atoms with Crippen LogP contribution in [-0.2, 0) is 11.2 Å². The van der Waals surface area contributed by atoms with Crippen molar-refractivity contribution < 1.29 is 14.7 Å². The number of anilines is 2. The molecule has 0 radical (unpaired) electrons. The molecule has 2 aromatic rings. The predicted molar refractivity (Wildman–Crippen MR) is 84.3 cm³/mol. The van der Waals surface area contributed by atoms with Crippen LogP contribution in [0, 0.1) is 0 Å². The molecule has 0 spiro atoms. The molecule has 0 aliphatic carbocycles. The van der Waals surface area contributed by atoms with Crippen molar-refractivity contribution in [3.05, 3.63) is 58.1 Å². The molecule has 2 aromatic carbocycles. The first-order valence-electron chi connectivity index (χ1n) is 6.13. The molecule has 5 nitrogen and oxygen atoms in total. The summed E-state index contributed by atoms with van der Waals surface area (Å²) in [7, 11) is 0. The predicted octanol–water partition coefficient (Wildman–Crippen LogP) is 2.91. The van der Waals surface area contributed by atoms with Gasteiger partial charge in [-0.05, 0) is 35.9 Å². The van der Waals surface area contributed by atoms with Crippen molar-refractivity contribution in [1.82, 2.24) is 0 Å². The van der Waals surface area contributed by atoms with Crippen LogP contribution in [0.25, 0.3) is 0 Å². The highest BCUT2D eigenvalue weighted by atomic mass is 79.9. The molecule has 0 aliphatic rings. The van der Waals surface area contributed by atoms with Crippen molar-refractivity contribution in [1.29, 1.82) is 0 Å². The van der Waals surface area contributed by atoms with Gasteiger partial charge in [-0.15, -0.1) is 0 Å². The second-order valence-corrected chi connectivity index (χ2v) is 5.38. The van der Waals surface area contributed by atoms with Gasteiger partial charge in [-0.25, -0.2) is 4.79 Å². The number of carboxylic acids is 1. The third-order valence-corrected chi connectivity index (χ3v) is 3.30. The Morgan fingerprint density at radius 1 is 1.19 bits per heavy atom. The minimum absolute atomic E-state index is 0.0327. The number of nitrogens with two attached hydrogens (primary N) is 1. The summed E-state index contributed by atoms with van der Waals surface area (Å²) < 4.78 is 0.633. The van der Waals surface area contributed by atoms with E-state index in [0.29, 0.717) is 10.2 Å². The number of carboxylic acid groups (broad SMARTS) is 1. The number of halogens is 1. The Hall–Kier alpha value is -2.34.